The van der Waals surface area contributed by atoms with E-state index in [1.165, 1.54) is 13.2 Å². The molecule has 9 heteroatoms. The number of anilines is 1. The lowest BCUT2D eigenvalue weighted by Crippen LogP contribution is -2.42. The third-order valence-corrected chi connectivity index (χ3v) is 5.19. The molecule has 1 aliphatic rings. The van der Waals surface area contributed by atoms with Crippen molar-refractivity contribution in [1.82, 2.24) is 15.5 Å². The largest absolute Gasteiger partial charge is 0.497 e. The zero-order chi connectivity index (χ0) is 23.3. The molecule has 3 rings (SSSR count). The molecule has 1 fully saturated rings. The summed E-state index contributed by atoms with van der Waals surface area (Å²) in [5.74, 6) is -0.711. The lowest BCUT2D eigenvalue weighted by molar-refractivity contribution is -0.133. The zero-order valence-corrected chi connectivity index (χ0v) is 18.2. The molecule has 2 aromatic carbocycles. The maximum atomic E-state index is 13.0. The van der Waals surface area contributed by atoms with Crippen LogP contribution in [-0.2, 0) is 15.1 Å². The fourth-order valence-corrected chi connectivity index (χ4v) is 3.38. The highest BCUT2D eigenvalue weighted by Crippen LogP contribution is 2.30. The van der Waals surface area contributed by atoms with E-state index in [0.29, 0.717) is 29.1 Å². The number of imide groups is 1. The molecule has 0 saturated carbocycles. The van der Waals surface area contributed by atoms with E-state index in [1.807, 2.05) is 6.92 Å². The van der Waals surface area contributed by atoms with Gasteiger partial charge in [-0.15, -0.1) is 0 Å². The van der Waals surface area contributed by atoms with Crippen molar-refractivity contribution in [3.8, 4) is 5.75 Å². The zero-order valence-electron chi connectivity index (χ0n) is 18.2. The lowest BCUT2D eigenvalue weighted by Gasteiger charge is -2.22. The van der Waals surface area contributed by atoms with E-state index in [2.05, 4.69) is 16.0 Å². The Morgan fingerprint density at radius 2 is 1.84 bits per heavy atom. The van der Waals surface area contributed by atoms with Crippen LogP contribution in [0.5, 0.6) is 5.75 Å². The average Bonchev–Trinajstić information content (AvgIpc) is 3.01. The molecule has 0 bridgehead atoms. The molecule has 0 aliphatic carbocycles. The average molecular weight is 438 g/mol. The summed E-state index contributed by atoms with van der Waals surface area (Å²) in [6.45, 7) is 3.63. The molecule has 1 aliphatic heterocycles. The molecule has 0 radical (unpaired) electrons. The van der Waals surface area contributed by atoms with Crippen LogP contribution in [-0.4, -0.2) is 48.9 Å². The van der Waals surface area contributed by atoms with E-state index < -0.39 is 29.9 Å². The predicted octanol–water partition coefficient (Wildman–Crippen LogP) is 2.24. The fraction of sp³-hybridized carbons (Fsp3) is 0.304. The molecule has 1 heterocycles. The summed E-state index contributed by atoms with van der Waals surface area (Å²) < 4.78 is 5.12. The molecule has 2 aromatic rings. The monoisotopic (exact) mass is 438 g/mol. The van der Waals surface area contributed by atoms with Gasteiger partial charge < -0.3 is 20.7 Å². The fourth-order valence-electron chi connectivity index (χ4n) is 3.38. The predicted molar refractivity (Wildman–Crippen MR) is 118 cm³/mol. The third kappa shape index (κ3) is 4.72. The summed E-state index contributed by atoms with van der Waals surface area (Å²) in [5.41, 5.74) is 0.0776. The van der Waals surface area contributed by atoms with Gasteiger partial charge in [-0.05, 0) is 49.2 Å². The SMILES string of the molecule is CCCNC(=O)c1cccc(NC(=O)CN2C(=O)NC(C)(c3ccc(OC)cc3)C2=O)c1. The lowest BCUT2D eigenvalue weighted by atomic mass is 9.92. The number of amides is 5. The molecule has 1 unspecified atom stereocenters. The van der Waals surface area contributed by atoms with Crippen molar-refractivity contribution in [2.75, 3.05) is 25.5 Å². The molecule has 0 spiro atoms. The Hall–Kier alpha value is -3.88. The first-order chi connectivity index (χ1) is 15.3. The minimum absolute atomic E-state index is 0.243. The van der Waals surface area contributed by atoms with E-state index in [0.717, 1.165) is 11.3 Å². The van der Waals surface area contributed by atoms with Gasteiger partial charge in [0.15, 0.2) is 0 Å². The maximum absolute atomic E-state index is 13.0. The van der Waals surface area contributed by atoms with Gasteiger partial charge in [0.05, 0.1) is 7.11 Å². The molecule has 9 nitrogen and oxygen atoms in total. The van der Waals surface area contributed by atoms with Crippen molar-refractivity contribution in [1.29, 1.82) is 0 Å². The van der Waals surface area contributed by atoms with Crippen LogP contribution in [0.2, 0.25) is 0 Å². The molecule has 1 saturated heterocycles. The van der Waals surface area contributed by atoms with Gasteiger partial charge >= 0.3 is 6.03 Å². The van der Waals surface area contributed by atoms with Gasteiger partial charge in [-0.2, -0.15) is 0 Å². The number of methoxy groups -OCH3 is 1. The van der Waals surface area contributed by atoms with Crippen molar-refractivity contribution in [3.63, 3.8) is 0 Å². The standard InChI is InChI=1S/C23H26N4O5/c1-4-12-24-20(29)15-6-5-7-17(13-15)25-19(28)14-27-21(30)23(2,26-22(27)31)16-8-10-18(32-3)11-9-16/h5-11,13H,4,12,14H2,1-3H3,(H,24,29)(H,25,28)(H,26,31). The van der Waals surface area contributed by atoms with Crippen LogP contribution in [0.3, 0.4) is 0 Å². The van der Waals surface area contributed by atoms with Crippen LogP contribution in [0.4, 0.5) is 10.5 Å². The van der Waals surface area contributed by atoms with E-state index in [9.17, 15) is 19.2 Å². The van der Waals surface area contributed by atoms with Crippen molar-refractivity contribution < 1.29 is 23.9 Å². The van der Waals surface area contributed by atoms with E-state index in [-0.39, 0.29) is 5.91 Å². The summed E-state index contributed by atoms with van der Waals surface area (Å²) in [6.07, 6.45) is 0.809. The van der Waals surface area contributed by atoms with Gasteiger partial charge in [-0.3, -0.25) is 19.3 Å². The highest BCUT2D eigenvalue weighted by molar-refractivity contribution is 6.10. The van der Waals surface area contributed by atoms with Crippen LogP contribution < -0.4 is 20.7 Å². The highest BCUT2D eigenvalue weighted by Gasteiger charge is 2.49. The van der Waals surface area contributed by atoms with Crippen LogP contribution in [0.25, 0.3) is 0 Å². The van der Waals surface area contributed by atoms with Crippen molar-refractivity contribution in [2.24, 2.45) is 0 Å². The molecule has 3 N–H and O–H groups in total. The third-order valence-electron chi connectivity index (χ3n) is 5.19. The van der Waals surface area contributed by atoms with Crippen LogP contribution in [0.15, 0.2) is 48.5 Å². The summed E-state index contributed by atoms with van der Waals surface area (Å²) in [7, 11) is 1.53. The molecular formula is C23H26N4O5. The number of carbonyl (C=O) groups is 4. The topological polar surface area (TPSA) is 117 Å². The number of rotatable bonds is 8. The first-order valence-corrected chi connectivity index (χ1v) is 10.2. The highest BCUT2D eigenvalue weighted by atomic mass is 16.5. The number of ether oxygens (including phenoxy) is 1. The summed E-state index contributed by atoms with van der Waals surface area (Å²) >= 11 is 0. The van der Waals surface area contributed by atoms with Crippen molar-refractivity contribution >= 4 is 29.4 Å². The molecule has 0 aromatic heterocycles. The molecule has 168 valence electrons. The van der Waals surface area contributed by atoms with Gasteiger partial charge in [0, 0.05) is 17.8 Å². The second-order valence-electron chi connectivity index (χ2n) is 7.56. The second kappa shape index (κ2) is 9.51. The number of carbonyl (C=O) groups excluding carboxylic acids is 4. The van der Waals surface area contributed by atoms with E-state index in [1.54, 1.807) is 49.4 Å². The number of nitrogens with zero attached hydrogens (tertiary/aromatic N) is 1. The van der Waals surface area contributed by atoms with Crippen LogP contribution in [0.1, 0.15) is 36.2 Å². The Morgan fingerprint density at radius 1 is 1.12 bits per heavy atom. The Morgan fingerprint density at radius 3 is 2.50 bits per heavy atom. The quantitative estimate of drug-likeness (QED) is 0.547. The summed E-state index contributed by atoms with van der Waals surface area (Å²) in [4.78, 5) is 51.0. The number of benzene rings is 2. The molecule has 32 heavy (non-hydrogen) atoms. The van der Waals surface area contributed by atoms with Crippen LogP contribution in [0, 0.1) is 0 Å². The van der Waals surface area contributed by atoms with Crippen molar-refractivity contribution in [2.45, 2.75) is 25.8 Å². The molecular weight excluding hydrogens is 412 g/mol. The number of hydrogen-bond donors (Lipinski definition) is 3. The van der Waals surface area contributed by atoms with Crippen LogP contribution >= 0.6 is 0 Å². The first-order valence-electron chi connectivity index (χ1n) is 10.2. The number of nitrogens with one attached hydrogen (secondary N) is 3. The van der Waals surface area contributed by atoms with E-state index >= 15 is 0 Å². The Kier molecular flexibility index (Phi) is 6.77. The Bertz CT molecular complexity index is 1040. The summed E-state index contributed by atoms with van der Waals surface area (Å²) in [5, 5.41) is 8.06. The van der Waals surface area contributed by atoms with Gasteiger partial charge in [0.2, 0.25) is 5.91 Å². The smallest absolute Gasteiger partial charge is 0.325 e. The first kappa shape index (κ1) is 22.8. The van der Waals surface area contributed by atoms with Crippen molar-refractivity contribution in [3.05, 3.63) is 59.7 Å². The molecule has 5 amide bonds. The Balaban J connectivity index is 1.68. The molecule has 1 atom stereocenters. The normalized spacial score (nSPS) is 17.7. The maximum Gasteiger partial charge on any atom is 0.325 e. The van der Waals surface area contributed by atoms with Gasteiger partial charge in [-0.1, -0.05) is 25.1 Å². The van der Waals surface area contributed by atoms with Gasteiger partial charge in [0.25, 0.3) is 11.8 Å². The van der Waals surface area contributed by atoms with E-state index in [4.69, 9.17) is 4.74 Å². The summed E-state index contributed by atoms with van der Waals surface area (Å²) in [6, 6.07) is 12.6. The number of urea groups is 1. The second-order valence-corrected chi connectivity index (χ2v) is 7.56. The number of hydrogen-bond acceptors (Lipinski definition) is 5. The van der Waals surface area contributed by atoms with Gasteiger partial charge in [-0.25, -0.2) is 4.79 Å². The van der Waals surface area contributed by atoms with Gasteiger partial charge in [0.1, 0.15) is 17.8 Å². The minimum atomic E-state index is -1.29. The minimum Gasteiger partial charge on any atom is -0.497 e. The Labute approximate surface area is 186 Å².